The Balaban J connectivity index is 2.14. The molecule has 1 aromatic heterocycles. The Labute approximate surface area is 118 Å². The molecule has 0 aromatic carbocycles. The lowest BCUT2D eigenvalue weighted by Gasteiger charge is -2.24. The van der Waals surface area contributed by atoms with E-state index in [-0.39, 0.29) is 0 Å². The Hall–Kier alpha value is -0.970. The number of oxime groups is 1. The summed E-state index contributed by atoms with van der Waals surface area (Å²) >= 11 is 1.98. The van der Waals surface area contributed by atoms with Crippen LogP contribution < -0.4 is 0 Å². The van der Waals surface area contributed by atoms with Gasteiger partial charge in [-0.1, -0.05) is 31.1 Å². The molecule has 1 aromatic rings. The van der Waals surface area contributed by atoms with E-state index in [0.717, 1.165) is 54.2 Å². The van der Waals surface area contributed by atoms with Crippen molar-refractivity contribution in [3.63, 3.8) is 0 Å². The van der Waals surface area contributed by atoms with E-state index in [4.69, 9.17) is 4.52 Å². The largest absolute Gasteiger partial charge is 0.411 e. The number of hydrogen-bond acceptors (Lipinski definition) is 5. The van der Waals surface area contributed by atoms with Gasteiger partial charge < -0.3 is 9.73 Å². The molecule has 0 fully saturated rings. The topological polar surface area (TPSA) is 58.6 Å². The van der Waals surface area contributed by atoms with Crippen LogP contribution in [0.4, 0.5) is 0 Å². The number of thioether (sulfide) groups is 1. The lowest BCUT2D eigenvalue weighted by Crippen LogP contribution is -2.23. The van der Waals surface area contributed by atoms with Gasteiger partial charge in [0.2, 0.25) is 0 Å². The lowest BCUT2D eigenvalue weighted by molar-refractivity contribution is 0.310. The van der Waals surface area contributed by atoms with Crippen LogP contribution in [0.2, 0.25) is 0 Å². The Morgan fingerprint density at radius 3 is 2.89 bits per heavy atom. The first kappa shape index (κ1) is 14.4. The maximum absolute atomic E-state index is 9.24. The minimum absolute atomic E-state index is 0.491. The number of fused-ring (bicyclic) bond motifs is 1. The van der Waals surface area contributed by atoms with Crippen molar-refractivity contribution in [2.24, 2.45) is 11.1 Å². The zero-order chi connectivity index (χ0) is 13.8. The molecular formula is C14H22N2O2S. The summed E-state index contributed by atoms with van der Waals surface area (Å²) in [5, 5.41) is 17.4. The summed E-state index contributed by atoms with van der Waals surface area (Å²) in [5.41, 5.74) is 2.62. The van der Waals surface area contributed by atoms with E-state index in [2.05, 4.69) is 24.2 Å². The highest BCUT2D eigenvalue weighted by atomic mass is 32.2. The normalized spacial score (nSPS) is 22.5. The molecule has 5 heteroatoms. The highest BCUT2D eigenvalue weighted by Gasteiger charge is 2.31. The van der Waals surface area contributed by atoms with Crippen molar-refractivity contribution in [2.75, 3.05) is 5.75 Å². The second-order valence-electron chi connectivity index (χ2n) is 5.10. The standard InChI is InChI=1S/C14H22N2O2S/c1-4-11-14-12(15-17)7-10(6-9(3)19-5-2)8-13(14)18-16-11/h9-10,17H,4-8H2,1-3H3/b15-12+/t9-,10+/m1/s1. The zero-order valence-corrected chi connectivity index (χ0v) is 12.7. The van der Waals surface area contributed by atoms with Crippen molar-refractivity contribution in [1.82, 2.24) is 5.16 Å². The summed E-state index contributed by atoms with van der Waals surface area (Å²) in [6.45, 7) is 6.49. The van der Waals surface area contributed by atoms with Crippen molar-refractivity contribution in [2.45, 2.75) is 51.7 Å². The predicted octanol–water partition coefficient (Wildman–Crippen LogP) is 3.51. The monoisotopic (exact) mass is 282 g/mol. The van der Waals surface area contributed by atoms with Gasteiger partial charge in [-0.2, -0.15) is 11.8 Å². The highest BCUT2D eigenvalue weighted by molar-refractivity contribution is 7.99. The van der Waals surface area contributed by atoms with E-state index in [0.29, 0.717) is 11.2 Å². The van der Waals surface area contributed by atoms with E-state index >= 15 is 0 Å². The molecule has 2 rings (SSSR count). The molecule has 1 N–H and O–H groups in total. The Bertz CT molecular complexity index is 456. The molecule has 0 amide bonds. The van der Waals surface area contributed by atoms with Crippen molar-refractivity contribution in [3.8, 4) is 0 Å². The third-order valence-corrected chi connectivity index (χ3v) is 4.74. The van der Waals surface area contributed by atoms with Crippen molar-refractivity contribution < 1.29 is 9.73 Å². The van der Waals surface area contributed by atoms with Crippen LogP contribution in [0, 0.1) is 5.92 Å². The summed E-state index contributed by atoms with van der Waals surface area (Å²) in [6, 6.07) is 0. The van der Waals surface area contributed by atoms with Crippen molar-refractivity contribution in [3.05, 3.63) is 17.0 Å². The average molecular weight is 282 g/mol. The molecule has 106 valence electrons. The van der Waals surface area contributed by atoms with Crippen LogP contribution in [-0.2, 0) is 12.8 Å². The molecule has 4 nitrogen and oxygen atoms in total. The van der Waals surface area contributed by atoms with E-state index in [1.807, 2.05) is 18.7 Å². The second-order valence-corrected chi connectivity index (χ2v) is 6.82. The molecule has 1 aliphatic rings. The van der Waals surface area contributed by atoms with Crippen LogP contribution in [0.1, 0.15) is 50.6 Å². The third-order valence-electron chi connectivity index (χ3n) is 3.65. The minimum Gasteiger partial charge on any atom is -0.411 e. The van der Waals surface area contributed by atoms with Gasteiger partial charge in [0, 0.05) is 11.7 Å². The van der Waals surface area contributed by atoms with Crippen molar-refractivity contribution >= 4 is 17.5 Å². The first-order chi connectivity index (χ1) is 9.19. The summed E-state index contributed by atoms with van der Waals surface area (Å²) in [4.78, 5) is 0. The van der Waals surface area contributed by atoms with Crippen LogP contribution in [0.3, 0.4) is 0 Å². The highest BCUT2D eigenvalue weighted by Crippen LogP contribution is 2.33. The maximum Gasteiger partial charge on any atom is 0.146 e. The molecule has 0 aliphatic heterocycles. The predicted molar refractivity (Wildman–Crippen MR) is 78.2 cm³/mol. The van der Waals surface area contributed by atoms with Gasteiger partial charge in [0.25, 0.3) is 0 Å². The molecule has 2 atom stereocenters. The molecule has 0 radical (unpaired) electrons. The maximum atomic E-state index is 9.24. The fourth-order valence-electron chi connectivity index (χ4n) is 2.86. The fourth-order valence-corrected chi connectivity index (χ4v) is 3.84. The van der Waals surface area contributed by atoms with Gasteiger partial charge in [0.05, 0.1) is 17.0 Å². The minimum atomic E-state index is 0.491. The van der Waals surface area contributed by atoms with Gasteiger partial charge in [-0.25, -0.2) is 0 Å². The Morgan fingerprint density at radius 1 is 1.47 bits per heavy atom. The number of rotatable bonds is 5. The number of aromatic nitrogens is 1. The number of nitrogens with zero attached hydrogens (tertiary/aromatic N) is 2. The second kappa shape index (κ2) is 6.46. The van der Waals surface area contributed by atoms with E-state index in [1.54, 1.807) is 0 Å². The van der Waals surface area contributed by atoms with Crippen LogP contribution in [-0.4, -0.2) is 27.1 Å². The molecule has 0 saturated heterocycles. The Kier molecular flexibility index (Phi) is 4.91. The van der Waals surface area contributed by atoms with E-state index < -0.39 is 0 Å². The average Bonchev–Trinajstić information content (AvgIpc) is 2.81. The summed E-state index contributed by atoms with van der Waals surface area (Å²) < 4.78 is 5.43. The Morgan fingerprint density at radius 2 is 2.26 bits per heavy atom. The number of hydrogen-bond donors (Lipinski definition) is 1. The molecule has 19 heavy (non-hydrogen) atoms. The van der Waals surface area contributed by atoms with Gasteiger partial charge in [-0.3, -0.25) is 0 Å². The van der Waals surface area contributed by atoms with Crippen LogP contribution in [0.15, 0.2) is 9.68 Å². The van der Waals surface area contributed by atoms with Crippen LogP contribution >= 0.6 is 11.8 Å². The van der Waals surface area contributed by atoms with Gasteiger partial charge >= 0.3 is 0 Å². The summed E-state index contributed by atoms with van der Waals surface area (Å²) in [6.07, 6.45) is 3.67. The van der Waals surface area contributed by atoms with Gasteiger partial charge in [0.15, 0.2) is 0 Å². The first-order valence-electron chi connectivity index (χ1n) is 6.99. The molecule has 1 aliphatic carbocycles. The third kappa shape index (κ3) is 3.14. The van der Waals surface area contributed by atoms with Crippen molar-refractivity contribution in [1.29, 1.82) is 0 Å². The van der Waals surface area contributed by atoms with Gasteiger partial charge in [0.1, 0.15) is 5.76 Å². The van der Waals surface area contributed by atoms with Crippen LogP contribution in [0.25, 0.3) is 0 Å². The van der Waals surface area contributed by atoms with E-state index in [1.165, 1.54) is 0 Å². The van der Waals surface area contributed by atoms with Gasteiger partial charge in [-0.05, 0) is 30.9 Å². The first-order valence-corrected chi connectivity index (χ1v) is 8.04. The SMILES string of the molecule is CCS[C@H](C)C[C@H]1C/C(=N\O)c2c(CC)noc2C1. The summed E-state index contributed by atoms with van der Waals surface area (Å²) in [5.74, 6) is 2.53. The zero-order valence-electron chi connectivity index (χ0n) is 11.8. The van der Waals surface area contributed by atoms with Crippen LogP contribution in [0.5, 0.6) is 0 Å². The molecule has 0 unspecified atom stereocenters. The molecule has 0 bridgehead atoms. The molecule has 1 heterocycles. The van der Waals surface area contributed by atoms with Gasteiger partial charge in [-0.15, -0.1) is 0 Å². The fraction of sp³-hybridized carbons (Fsp3) is 0.714. The molecule has 0 saturated carbocycles. The van der Waals surface area contributed by atoms with E-state index in [9.17, 15) is 5.21 Å². The molecule has 0 spiro atoms. The number of aryl methyl sites for hydroxylation is 1. The quantitative estimate of drug-likeness (QED) is 0.663. The smallest absolute Gasteiger partial charge is 0.146 e. The lowest BCUT2D eigenvalue weighted by atomic mass is 9.83. The summed E-state index contributed by atoms with van der Waals surface area (Å²) in [7, 11) is 0. The molecular weight excluding hydrogens is 260 g/mol.